The minimum absolute atomic E-state index is 0. The molecule has 0 saturated carbocycles. The molecule has 0 spiro atoms. The number of amides is 1. The summed E-state index contributed by atoms with van der Waals surface area (Å²) in [6.45, 7) is 4.90. The maximum Gasteiger partial charge on any atom is 0.516 e. The Hall–Kier alpha value is -3.18. The summed E-state index contributed by atoms with van der Waals surface area (Å²) >= 11 is 0. The van der Waals surface area contributed by atoms with Crippen LogP contribution in [0, 0.1) is 0 Å². The largest absolute Gasteiger partial charge is 0.516 e. The number of benzene rings is 2. The molecule has 10 nitrogen and oxygen atoms in total. The van der Waals surface area contributed by atoms with E-state index in [0.717, 1.165) is 5.56 Å². The van der Waals surface area contributed by atoms with Crippen LogP contribution in [0.25, 0.3) is 0 Å². The first-order valence-corrected chi connectivity index (χ1v) is 11.1. The number of halogens is 1. The lowest BCUT2D eigenvalue weighted by atomic mass is 9.94. The van der Waals surface area contributed by atoms with Crippen molar-refractivity contribution in [1.29, 1.82) is 0 Å². The highest BCUT2D eigenvalue weighted by Gasteiger charge is 2.21. The van der Waals surface area contributed by atoms with Crippen LogP contribution in [0.1, 0.15) is 49.4 Å². The Labute approximate surface area is 216 Å². The van der Waals surface area contributed by atoms with Gasteiger partial charge in [-0.1, -0.05) is 36.4 Å². The molecular weight excluding hydrogens is 490 g/mol. The van der Waals surface area contributed by atoms with Gasteiger partial charge in [-0.15, -0.1) is 12.4 Å². The molecule has 1 atom stereocenters. The van der Waals surface area contributed by atoms with Crippen LogP contribution < -0.4 is 16.8 Å². The quantitative estimate of drug-likeness (QED) is 0.284. The van der Waals surface area contributed by atoms with Gasteiger partial charge in [-0.25, -0.2) is 9.59 Å². The molecule has 0 aliphatic rings. The highest BCUT2D eigenvalue weighted by molar-refractivity contribution is 5.86. The summed E-state index contributed by atoms with van der Waals surface area (Å²) in [6.07, 6.45) is -1.81. The SMILES string of the molecule is CC(C)(C)OC(=O)Nc1ccc(C[C@@H](N)CC(=O)OC(=O)OCc2ccccc2)c(CO)c1CN.Cl. The molecule has 36 heavy (non-hydrogen) atoms. The smallest absolute Gasteiger partial charge is 0.444 e. The molecule has 0 saturated heterocycles. The normalized spacial score (nSPS) is 11.6. The third kappa shape index (κ3) is 10.2. The van der Waals surface area contributed by atoms with Crippen LogP contribution in [0.2, 0.25) is 0 Å². The topological polar surface area (TPSA) is 163 Å². The number of aliphatic hydroxyl groups excluding tert-OH is 1. The molecule has 2 aromatic carbocycles. The number of esters is 1. The Kier molecular flexibility index (Phi) is 12.3. The van der Waals surface area contributed by atoms with Gasteiger partial charge in [-0.2, -0.15) is 0 Å². The van der Waals surface area contributed by atoms with Crippen LogP contribution in [0.5, 0.6) is 0 Å². The van der Waals surface area contributed by atoms with E-state index >= 15 is 0 Å². The van der Waals surface area contributed by atoms with Crippen LogP contribution in [0.15, 0.2) is 42.5 Å². The molecule has 0 aliphatic heterocycles. The van der Waals surface area contributed by atoms with E-state index in [1.54, 1.807) is 57.2 Å². The molecule has 2 aromatic rings. The Morgan fingerprint density at radius 3 is 2.31 bits per heavy atom. The monoisotopic (exact) mass is 523 g/mol. The number of rotatable bonds is 9. The first kappa shape index (κ1) is 30.9. The Morgan fingerprint density at radius 1 is 1.06 bits per heavy atom. The maximum atomic E-state index is 12.1. The van der Waals surface area contributed by atoms with Gasteiger partial charge in [-0.05, 0) is 55.5 Å². The van der Waals surface area contributed by atoms with Crippen molar-refractivity contribution < 1.29 is 33.7 Å². The summed E-state index contributed by atoms with van der Waals surface area (Å²) in [7, 11) is 0. The van der Waals surface area contributed by atoms with E-state index in [1.807, 2.05) is 6.07 Å². The fourth-order valence-electron chi connectivity index (χ4n) is 3.34. The first-order chi connectivity index (χ1) is 16.5. The summed E-state index contributed by atoms with van der Waals surface area (Å²) in [6, 6.07) is 11.6. The van der Waals surface area contributed by atoms with Crippen LogP contribution in [-0.2, 0) is 45.2 Å². The average molecular weight is 524 g/mol. The molecule has 0 fully saturated rings. The van der Waals surface area contributed by atoms with Gasteiger partial charge in [0.25, 0.3) is 0 Å². The number of ether oxygens (including phenoxy) is 3. The highest BCUT2D eigenvalue weighted by atomic mass is 35.5. The Balaban J connectivity index is 0.00000648. The molecule has 0 unspecified atom stereocenters. The highest BCUT2D eigenvalue weighted by Crippen LogP contribution is 2.26. The van der Waals surface area contributed by atoms with Crippen LogP contribution >= 0.6 is 12.4 Å². The minimum atomic E-state index is -1.11. The van der Waals surface area contributed by atoms with E-state index < -0.39 is 29.9 Å². The molecule has 0 aromatic heterocycles. The van der Waals surface area contributed by atoms with E-state index in [1.165, 1.54) is 0 Å². The Morgan fingerprint density at radius 2 is 1.72 bits per heavy atom. The molecule has 0 heterocycles. The van der Waals surface area contributed by atoms with Crippen LogP contribution in [-0.4, -0.2) is 35.0 Å². The van der Waals surface area contributed by atoms with Gasteiger partial charge in [0, 0.05) is 18.3 Å². The Bertz CT molecular complexity index is 1030. The molecule has 6 N–H and O–H groups in total. The second kappa shape index (κ2) is 14.4. The molecular formula is C25H34ClN3O7. The van der Waals surface area contributed by atoms with Crippen molar-refractivity contribution in [2.75, 3.05) is 5.32 Å². The molecule has 0 radical (unpaired) electrons. The van der Waals surface area contributed by atoms with Crippen molar-refractivity contribution in [2.45, 2.75) is 65.0 Å². The van der Waals surface area contributed by atoms with Crippen molar-refractivity contribution in [3.8, 4) is 0 Å². The lowest BCUT2D eigenvalue weighted by molar-refractivity contribution is -0.140. The van der Waals surface area contributed by atoms with Gasteiger partial charge in [-0.3, -0.25) is 10.1 Å². The second-order valence-corrected chi connectivity index (χ2v) is 8.89. The number of anilines is 1. The summed E-state index contributed by atoms with van der Waals surface area (Å²) in [4.78, 5) is 36.0. The van der Waals surface area contributed by atoms with Crippen LogP contribution in [0.4, 0.5) is 15.3 Å². The number of nitrogens with two attached hydrogens (primary N) is 2. The number of aliphatic hydroxyl groups is 1. The average Bonchev–Trinajstić information content (AvgIpc) is 2.77. The van der Waals surface area contributed by atoms with Gasteiger partial charge in [0.2, 0.25) is 0 Å². The number of nitrogens with one attached hydrogen (secondary N) is 1. The van der Waals surface area contributed by atoms with E-state index in [9.17, 15) is 19.5 Å². The third-order valence-corrected chi connectivity index (χ3v) is 4.83. The summed E-state index contributed by atoms with van der Waals surface area (Å²) in [5.41, 5.74) is 14.1. The summed E-state index contributed by atoms with van der Waals surface area (Å²) in [5.74, 6) is -0.830. The van der Waals surface area contributed by atoms with E-state index in [4.69, 9.17) is 20.9 Å². The van der Waals surface area contributed by atoms with Crippen molar-refractivity contribution in [1.82, 2.24) is 0 Å². The van der Waals surface area contributed by atoms with Crippen molar-refractivity contribution >= 4 is 36.3 Å². The maximum absolute atomic E-state index is 12.1. The van der Waals surface area contributed by atoms with Crippen molar-refractivity contribution in [3.63, 3.8) is 0 Å². The fourth-order valence-corrected chi connectivity index (χ4v) is 3.34. The van der Waals surface area contributed by atoms with E-state index in [2.05, 4.69) is 10.1 Å². The zero-order valence-electron chi connectivity index (χ0n) is 20.6. The number of hydrogen-bond donors (Lipinski definition) is 4. The van der Waals surface area contributed by atoms with Gasteiger partial charge < -0.3 is 30.8 Å². The number of hydrogen-bond acceptors (Lipinski definition) is 9. The van der Waals surface area contributed by atoms with Gasteiger partial charge in [0.05, 0.1) is 13.0 Å². The summed E-state index contributed by atoms with van der Waals surface area (Å²) in [5, 5.41) is 12.6. The molecule has 2 rings (SSSR count). The minimum Gasteiger partial charge on any atom is -0.444 e. The number of carbonyl (C=O) groups excluding carboxylic acids is 3. The van der Waals surface area contributed by atoms with E-state index in [0.29, 0.717) is 22.4 Å². The molecule has 0 aliphatic carbocycles. The van der Waals surface area contributed by atoms with Gasteiger partial charge in [0.1, 0.15) is 12.2 Å². The second-order valence-electron chi connectivity index (χ2n) is 8.89. The molecule has 198 valence electrons. The van der Waals surface area contributed by atoms with Crippen LogP contribution in [0.3, 0.4) is 0 Å². The lowest BCUT2D eigenvalue weighted by Crippen LogP contribution is -2.29. The van der Waals surface area contributed by atoms with Crippen molar-refractivity contribution in [2.24, 2.45) is 11.5 Å². The zero-order chi connectivity index (χ0) is 26.0. The standard InChI is InChI=1S/C25H33N3O7.ClH/c1-25(2,3)35-23(31)28-21-10-9-17(20(14-29)19(21)13-26)11-18(27)12-22(30)34-24(32)33-15-16-7-5-4-6-8-16;/h4-10,18,29H,11-15,26-27H2,1-3H3,(H,28,31);1H/t18-;/m1./s1. The zero-order valence-corrected chi connectivity index (χ0v) is 21.4. The fraction of sp³-hybridized carbons (Fsp3) is 0.400. The molecule has 1 amide bonds. The first-order valence-electron chi connectivity index (χ1n) is 11.1. The van der Waals surface area contributed by atoms with Gasteiger partial charge in [0.15, 0.2) is 0 Å². The van der Waals surface area contributed by atoms with Gasteiger partial charge >= 0.3 is 18.2 Å². The predicted molar refractivity (Wildman–Crippen MR) is 136 cm³/mol. The molecule has 11 heteroatoms. The third-order valence-electron chi connectivity index (χ3n) is 4.83. The summed E-state index contributed by atoms with van der Waals surface area (Å²) < 4.78 is 14.9. The predicted octanol–water partition coefficient (Wildman–Crippen LogP) is 3.55. The van der Waals surface area contributed by atoms with Crippen molar-refractivity contribution in [3.05, 3.63) is 64.7 Å². The number of carbonyl (C=O) groups is 3. The molecule has 0 bridgehead atoms. The van der Waals surface area contributed by atoms with E-state index in [-0.39, 0.29) is 45.0 Å². The lowest BCUT2D eigenvalue weighted by Gasteiger charge is -2.22.